The van der Waals surface area contributed by atoms with E-state index in [2.05, 4.69) is 0 Å². The van der Waals surface area contributed by atoms with Crippen LogP contribution < -0.4 is 5.48 Å². The molecule has 0 saturated heterocycles. The Morgan fingerprint density at radius 1 is 1.33 bits per heavy atom. The summed E-state index contributed by atoms with van der Waals surface area (Å²) in [7, 11) is 0. The topological polar surface area (TPSA) is 52.5 Å². The summed E-state index contributed by atoms with van der Waals surface area (Å²) in [6.45, 7) is -0.324. The minimum absolute atomic E-state index is 0.127. The van der Waals surface area contributed by atoms with E-state index in [1.807, 2.05) is 0 Å². The summed E-state index contributed by atoms with van der Waals surface area (Å²) in [6, 6.07) is 1.34. The minimum atomic E-state index is -4.54. The Kier molecular flexibility index (Phi) is 3.43. The molecule has 7 heteroatoms. The Morgan fingerprint density at radius 3 is 2.40 bits per heavy atom. The molecule has 0 aliphatic carbocycles. The first-order chi connectivity index (χ1) is 6.86. The summed E-state index contributed by atoms with van der Waals surface area (Å²) in [4.78, 5) is 0. The summed E-state index contributed by atoms with van der Waals surface area (Å²) in [6.07, 6.45) is -4.54. The molecule has 84 valence electrons. The van der Waals surface area contributed by atoms with Crippen molar-refractivity contribution in [2.24, 2.45) is 0 Å². The molecule has 0 amide bonds. The van der Waals surface area contributed by atoms with Gasteiger partial charge in [0.05, 0.1) is 10.6 Å². The maximum Gasteiger partial charge on any atom is 0.416 e. The molecule has 0 bridgehead atoms. The molecule has 0 aliphatic heterocycles. The molecule has 0 spiro atoms. The van der Waals surface area contributed by atoms with Crippen LogP contribution in [-0.2, 0) is 12.7 Å². The lowest BCUT2D eigenvalue weighted by molar-refractivity contribution is -0.137. The van der Waals surface area contributed by atoms with Gasteiger partial charge in [0.1, 0.15) is 5.75 Å². The van der Waals surface area contributed by atoms with Crippen LogP contribution in [0.2, 0.25) is 5.02 Å². The van der Waals surface area contributed by atoms with Crippen molar-refractivity contribution in [3.63, 3.8) is 0 Å². The SMILES string of the molecule is ONCc1cc(C(F)(F)F)cc(Cl)c1O. The number of hydrogen-bond acceptors (Lipinski definition) is 3. The number of halogens is 4. The largest absolute Gasteiger partial charge is 0.506 e. The van der Waals surface area contributed by atoms with Gasteiger partial charge in [-0.3, -0.25) is 0 Å². The van der Waals surface area contributed by atoms with E-state index in [4.69, 9.17) is 16.8 Å². The lowest BCUT2D eigenvalue weighted by Gasteiger charge is -2.11. The van der Waals surface area contributed by atoms with Crippen LogP contribution in [0.1, 0.15) is 11.1 Å². The van der Waals surface area contributed by atoms with E-state index in [0.29, 0.717) is 12.1 Å². The lowest BCUT2D eigenvalue weighted by Crippen LogP contribution is -2.10. The van der Waals surface area contributed by atoms with Gasteiger partial charge in [0, 0.05) is 12.1 Å². The van der Waals surface area contributed by atoms with Crippen LogP contribution in [0.5, 0.6) is 5.75 Å². The highest BCUT2D eigenvalue weighted by Crippen LogP contribution is 2.36. The Hall–Kier alpha value is -0.980. The molecule has 0 aliphatic rings. The summed E-state index contributed by atoms with van der Waals surface area (Å²) in [5, 5.41) is 17.2. The molecular weight excluding hydrogens is 235 g/mol. The second kappa shape index (κ2) is 4.26. The van der Waals surface area contributed by atoms with Gasteiger partial charge in [0.2, 0.25) is 0 Å². The van der Waals surface area contributed by atoms with Gasteiger partial charge in [-0.05, 0) is 12.1 Å². The van der Waals surface area contributed by atoms with Crippen LogP contribution in [0, 0.1) is 0 Å². The van der Waals surface area contributed by atoms with Gasteiger partial charge in [-0.1, -0.05) is 11.6 Å². The number of phenolic OH excluding ortho intramolecular Hbond substituents is 1. The first-order valence-corrected chi connectivity index (χ1v) is 4.19. The highest BCUT2D eigenvalue weighted by Gasteiger charge is 2.32. The zero-order valence-electron chi connectivity index (χ0n) is 7.27. The smallest absolute Gasteiger partial charge is 0.416 e. The number of hydrogen-bond donors (Lipinski definition) is 3. The fourth-order valence-corrected chi connectivity index (χ4v) is 1.28. The summed E-state index contributed by atoms with van der Waals surface area (Å²) < 4.78 is 36.9. The third-order valence-corrected chi connectivity index (χ3v) is 2.03. The predicted octanol–water partition coefficient (Wildman–Crippen LogP) is 2.54. The van der Waals surface area contributed by atoms with Crippen molar-refractivity contribution >= 4 is 11.6 Å². The standard InChI is InChI=1S/C8H7ClF3NO2/c9-6-2-5(8(10,11)12)1-4(3-13-15)7(6)14/h1-2,13-15H,3H2. The molecule has 15 heavy (non-hydrogen) atoms. The third-order valence-electron chi connectivity index (χ3n) is 1.74. The van der Waals surface area contributed by atoms with Crippen molar-refractivity contribution in [2.45, 2.75) is 12.7 Å². The quantitative estimate of drug-likeness (QED) is 0.698. The molecule has 0 saturated carbocycles. The number of nitrogens with one attached hydrogen (secondary N) is 1. The van der Waals surface area contributed by atoms with Crippen molar-refractivity contribution in [1.29, 1.82) is 0 Å². The zero-order chi connectivity index (χ0) is 11.6. The molecule has 0 unspecified atom stereocenters. The summed E-state index contributed by atoms with van der Waals surface area (Å²) in [5.74, 6) is -0.480. The second-order valence-corrected chi connectivity index (χ2v) is 3.21. The van der Waals surface area contributed by atoms with Gasteiger partial charge in [-0.25, -0.2) is 5.48 Å². The van der Waals surface area contributed by atoms with Crippen molar-refractivity contribution in [3.8, 4) is 5.75 Å². The molecular formula is C8H7ClF3NO2. The van der Waals surface area contributed by atoms with Crippen molar-refractivity contribution in [3.05, 3.63) is 28.3 Å². The number of hydroxylamine groups is 1. The molecule has 0 aromatic heterocycles. The van der Waals surface area contributed by atoms with E-state index in [9.17, 15) is 18.3 Å². The van der Waals surface area contributed by atoms with Gasteiger partial charge in [0.15, 0.2) is 0 Å². The maximum atomic E-state index is 12.3. The minimum Gasteiger partial charge on any atom is -0.506 e. The number of alkyl halides is 3. The molecule has 3 N–H and O–H groups in total. The highest BCUT2D eigenvalue weighted by atomic mass is 35.5. The van der Waals surface area contributed by atoms with E-state index in [-0.39, 0.29) is 12.1 Å². The van der Waals surface area contributed by atoms with Gasteiger partial charge in [-0.2, -0.15) is 13.2 Å². The van der Waals surface area contributed by atoms with E-state index in [1.165, 1.54) is 0 Å². The molecule has 0 atom stereocenters. The number of rotatable bonds is 2. The first kappa shape index (κ1) is 12.1. The van der Waals surface area contributed by atoms with E-state index >= 15 is 0 Å². The van der Waals surface area contributed by atoms with Crippen molar-refractivity contribution < 1.29 is 23.5 Å². The van der Waals surface area contributed by atoms with Crippen LogP contribution in [0.25, 0.3) is 0 Å². The van der Waals surface area contributed by atoms with Gasteiger partial charge < -0.3 is 10.3 Å². The average molecular weight is 242 g/mol. The van der Waals surface area contributed by atoms with Crippen LogP contribution in [0.4, 0.5) is 13.2 Å². The van der Waals surface area contributed by atoms with E-state index in [0.717, 1.165) is 0 Å². The Balaban J connectivity index is 3.23. The number of benzene rings is 1. The van der Waals surface area contributed by atoms with Crippen LogP contribution in [0.15, 0.2) is 12.1 Å². The van der Waals surface area contributed by atoms with Crippen LogP contribution in [-0.4, -0.2) is 10.3 Å². The third kappa shape index (κ3) is 2.74. The Labute approximate surface area is 88.1 Å². The van der Waals surface area contributed by atoms with Crippen LogP contribution >= 0.6 is 11.6 Å². The summed E-state index contributed by atoms with van der Waals surface area (Å²) >= 11 is 5.40. The molecule has 0 heterocycles. The van der Waals surface area contributed by atoms with E-state index < -0.39 is 22.5 Å². The first-order valence-electron chi connectivity index (χ1n) is 3.81. The Morgan fingerprint density at radius 2 is 1.93 bits per heavy atom. The Bertz CT molecular complexity index is 368. The normalized spacial score (nSPS) is 11.8. The number of phenols is 1. The van der Waals surface area contributed by atoms with Gasteiger partial charge in [0.25, 0.3) is 0 Å². The summed E-state index contributed by atoms with van der Waals surface area (Å²) in [5.41, 5.74) is 0.541. The molecule has 1 aromatic rings. The van der Waals surface area contributed by atoms with Crippen LogP contribution in [0.3, 0.4) is 0 Å². The zero-order valence-corrected chi connectivity index (χ0v) is 8.02. The van der Waals surface area contributed by atoms with E-state index in [1.54, 1.807) is 5.48 Å². The molecule has 3 nitrogen and oxygen atoms in total. The number of aromatic hydroxyl groups is 1. The lowest BCUT2D eigenvalue weighted by atomic mass is 10.1. The second-order valence-electron chi connectivity index (χ2n) is 2.80. The average Bonchev–Trinajstić information content (AvgIpc) is 2.11. The van der Waals surface area contributed by atoms with Gasteiger partial charge >= 0.3 is 6.18 Å². The molecule has 1 rings (SSSR count). The highest BCUT2D eigenvalue weighted by molar-refractivity contribution is 6.32. The predicted molar refractivity (Wildman–Crippen MR) is 46.7 cm³/mol. The van der Waals surface area contributed by atoms with Gasteiger partial charge in [-0.15, -0.1) is 0 Å². The molecule has 1 aromatic carbocycles. The molecule has 0 fully saturated rings. The maximum absolute atomic E-state index is 12.3. The fourth-order valence-electron chi connectivity index (χ4n) is 1.04. The van der Waals surface area contributed by atoms with Crippen molar-refractivity contribution in [1.82, 2.24) is 5.48 Å². The fraction of sp³-hybridized carbons (Fsp3) is 0.250. The molecule has 0 radical (unpaired) electrons. The van der Waals surface area contributed by atoms with Crippen molar-refractivity contribution in [2.75, 3.05) is 0 Å². The monoisotopic (exact) mass is 241 g/mol.